The highest BCUT2D eigenvalue weighted by Gasteiger charge is 2.60. The Hall–Kier alpha value is -2.89. The Labute approximate surface area is 177 Å². The minimum Gasteiger partial charge on any atom is -0.326 e. The summed E-state index contributed by atoms with van der Waals surface area (Å²) < 4.78 is 0. The minimum atomic E-state index is -0.474. The van der Waals surface area contributed by atoms with Crippen LogP contribution in [0.4, 0.5) is 11.4 Å². The summed E-state index contributed by atoms with van der Waals surface area (Å²) in [5, 5.41) is 14.9. The zero-order valence-electron chi connectivity index (χ0n) is 15.1. The maximum Gasteiger partial charge on any atom is 0.269 e. The summed E-state index contributed by atoms with van der Waals surface area (Å²) in [5.74, 6) is -0.413. The van der Waals surface area contributed by atoms with Gasteiger partial charge in [-0.15, -0.1) is 0 Å². The fourth-order valence-electron chi connectivity index (χ4n) is 3.77. The molecule has 5 nitrogen and oxygen atoms in total. The fourth-order valence-corrected chi connectivity index (χ4v) is 4.03. The molecule has 3 aromatic rings. The van der Waals surface area contributed by atoms with E-state index in [0.717, 1.165) is 11.1 Å². The quantitative estimate of drug-likeness (QED) is 0.410. The number of non-ortho nitro benzene ring substituents is 1. The Morgan fingerprint density at radius 2 is 1.38 bits per heavy atom. The van der Waals surface area contributed by atoms with Crippen molar-refractivity contribution in [3.8, 4) is 0 Å². The van der Waals surface area contributed by atoms with E-state index in [9.17, 15) is 14.9 Å². The number of nitrogens with zero attached hydrogens (tertiary/aromatic N) is 1. The summed E-state index contributed by atoms with van der Waals surface area (Å²) in [6.07, 6.45) is 0.648. The monoisotopic (exact) mass is 426 g/mol. The highest BCUT2D eigenvalue weighted by molar-refractivity contribution is 6.30. The Morgan fingerprint density at radius 1 is 0.897 bits per heavy atom. The molecule has 1 amide bonds. The third-order valence-corrected chi connectivity index (χ3v) is 5.85. The van der Waals surface area contributed by atoms with Crippen molar-refractivity contribution in [2.24, 2.45) is 5.92 Å². The minimum absolute atomic E-state index is 0.0221. The smallest absolute Gasteiger partial charge is 0.269 e. The number of nitro groups is 1. The molecule has 146 valence electrons. The lowest BCUT2D eigenvalue weighted by atomic mass is 9.85. The summed E-state index contributed by atoms with van der Waals surface area (Å²) in [6.45, 7) is 0. The van der Waals surface area contributed by atoms with Gasteiger partial charge < -0.3 is 5.32 Å². The molecule has 1 N–H and O–H groups in total. The van der Waals surface area contributed by atoms with Crippen molar-refractivity contribution in [3.63, 3.8) is 0 Å². The van der Waals surface area contributed by atoms with Gasteiger partial charge in [-0.25, -0.2) is 0 Å². The number of nitro benzene ring substituents is 1. The van der Waals surface area contributed by atoms with Gasteiger partial charge in [0.05, 0.1) is 10.8 Å². The molecular formula is C22H16Cl2N2O3. The predicted molar refractivity (Wildman–Crippen MR) is 114 cm³/mol. The first-order valence-corrected chi connectivity index (χ1v) is 9.73. The van der Waals surface area contributed by atoms with E-state index in [1.54, 1.807) is 0 Å². The first-order chi connectivity index (χ1) is 13.9. The van der Waals surface area contributed by atoms with Gasteiger partial charge in [-0.05, 0) is 53.9 Å². The molecule has 0 spiro atoms. The normalized spacial score (nSPS) is 16.8. The maximum atomic E-state index is 13.0. The number of hydrogen-bond acceptors (Lipinski definition) is 3. The van der Waals surface area contributed by atoms with Crippen LogP contribution in [0.15, 0.2) is 72.8 Å². The molecule has 29 heavy (non-hydrogen) atoms. The van der Waals surface area contributed by atoms with E-state index in [1.165, 1.54) is 24.3 Å². The summed E-state index contributed by atoms with van der Waals surface area (Å²) >= 11 is 12.1. The fraction of sp³-hybridized carbons (Fsp3) is 0.136. The van der Waals surface area contributed by atoms with Gasteiger partial charge in [-0.1, -0.05) is 47.5 Å². The first-order valence-electron chi connectivity index (χ1n) is 8.97. The number of hydrogen-bond donors (Lipinski definition) is 1. The van der Waals surface area contributed by atoms with E-state index in [2.05, 4.69) is 5.32 Å². The van der Waals surface area contributed by atoms with Crippen LogP contribution in [0.3, 0.4) is 0 Å². The van der Waals surface area contributed by atoms with Crippen LogP contribution in [0.25, 0.3) is 0 Å². The van der Waals surface area contributed by atoms with Crippen LogP contribution >= 0.6 is 23.2 Å². The predicted octanol–water partition coefficient (Wildman–Crippen LogP) is 5.85. The number of carbonyl (C=O) groups is 1. The SMILES string of the molecule is O=C(Nc1ccc([N+](=O)[O-])cc1)[C@H]1CC1(c1ccc(Cl)cc1)c1ccc(Cl)cc1. The molecular weight excluding hydrogens is 411 g/mol. The van der Waals surface area contributed by atoms with Crippen LogP contribution in [0.5, 0.6) is 0 Å². The number of halogens is 2. The van der Waals surface area contributed by atoms with Gasteiger partial charge in [-0.3, -0.25) is 14.9 Å². The number of amides is 1. The largest absolute Gasteiger partial charge is 0.326 e. The van der Waals surface area contributed by atoms with Crippen molar-refractivity contribution in [1.82, 2.24) is 0 Å². The molecule has 0 aliphatic heterocycles. The van der Waals surface area contributed by atoms with E-state index in [0.29, 0.717) is 22.2 Å². The molecule has 0 saturated heterocycles. The first kappa shape index (κ1) is 19.4. The Morgan fingerprint density at radius 3 is 1.83 bits per heavy atom. The lowest BCUT2D eigenvalue weighted by Gasteiger charge is -2.19. The van der Waals surface area contributed by atoms with Gasteiger partial charge in [0.2, 0.25) is 5.91 Å². The second kappa shape index (κ2) is 7.50. The summed E-state index contributed by atoms with van der Waals surface area (Å²) in [7, 11) is 0. The molecule has 1 aliphatic rings. The number of nitrogens with one attached hydrogen (secondary N) is 1. The molecule has 0 bridgehead atoms. The molecule has 1 saturated carbocycles. The van der Waals surface area contributed by atoms with Gasteiger partial charge in [0.15, 0.2) is 0 Å². The van der Waals surface area contributed by atoms with Crippen LogP contribution in [0.2, 0.25) is 10.0 Å². The van der Waals surface area contributed by atoms with Gasteiger partial charge in [0.25, 0.3) is 5.69 Å². The summed E-state index contributed by atoms with van der Waals surface area (Å²) in [6, 6.07) is 20.8. The molecule has 0 radical (unpaired) electrons. The number of carbonyl (C=O) groups excluding carboxylic acids is 1. The standard InChI is InChI=1S/C22H16Cl2N2O3/c23-16-5-1-14(2-6-16)22(15-3-7-17(24)8-4-15)13-20(22)21(27)25-18-9-11-19(12-10-18)26(28)29/h1-12,20H,13H2,(H,25,27)/t20-/m1/s1. The maximum absolute atomic E-state index is 13.0. The van der Waals surface area contributed by atoms with Crippen molar-refractivity contribution in [2.45, 2.75) is 11.8 Å². The third-order valence-electron chi connectivity index (χ3n) is 5.34. The van der Waals surface area contributed by atoms with E-state index in [1.807, 2.05) is 48.5 Å². The second-order valence-corrected chi connectivity index (χ2v) is 7.91. The van der Waals surface area contributed by atoms with Gasteiger partial charge in [-0.2, -0.15) is 0 Å². The van der Waals surface area contributed by atoms with E-state index < -0.39 is 10.3 Å². The van der Waals surface area contributed by atoms with Gasteiger partial charge in [0, 0.05) is 33.3 Å². The van der Waals surface area contributed by atoms with Gasteiger partial charge in [0.1, 0.15) is 0 Å². The van der Waals surface area contributed by atoms with Crippen molar-refractivity contribution >= 4 is 40.5 Å². The summed E-state index contributed by atoms with van der Waals surface area (Å²) in [5.41, 5.74) is 2.06. The van der Waals surface area contributed by atoms with Crippen LogP contribution in [-0.2, 0) is 10.2 Å². The molecule has 1 aliphatic carbocycles. The second-order valence-electron chi connectivity index (χ2n) is 7.04. The molecule has 3 aromatic carbocycles. The molecule has 7 heteroatoms. The van der Waals surface area contributed by atoms with Crippen LogP contribution in [0, 0.1) is 16.0 Å². The Balaban J connectivity index is 1.62. The topological polar surface area (TPSA) is 72.2 Å². The van der Waals surface area contributed by atoms with Crippen LogP contribution in [-0.4, -0.2) is 10.8 Å². The van der Waals surface area contributed by atoms with E-state index in [-0.39, 0.29) is 17.5 Å². The van der Waals surface area contributed by atoms with Crippen molar-refractivity contribution in [1.29, 1.82) is 0 Å². The average Bonchev–Trinajstić information content (AvgIpc) is 3.46. The molecule has 0 aromatic heterocycles. The average molecular weight is 427 g/mol. The van der Waals surface area contributed by atoms with Crippen molar-refractivity contribution in [2.75, 3.05) is 5.32 Å². The summed E-state index contributed by atoms with van der Waals surface area (Å²) in [4.78, 5) is 23.3. The van der Waals surface area contributed by atoms with Crippen LogP contribution in [0.1, 0.15) is 17.5 Å². The van der Waals surface area contributed by atoms with Crippen LogP contribution < -0.4 is 5.32 Å². The van der Waals surface area contributed by atoms with Gasteiger partial charge >= 0.3 is 0 Å². The molecule has 1 atom stereocenters. The molecule has 0 heterocycles. The van der Waals surface area contributed by atoms with E-state index in [4.69, 9.17) is 23.2 Å². The zero-order chi connectivity index (χ0) is 20.6. The molecule has 0 unspecified atom stereocenters. The molecule has 4 rings (SSSR count). The lowest BCUT2D eigenvalue weighted by Crippen LogP contribution is -2.22. The lowest BCUT2D eigenvalue weighted by molar-refractivity contribution is -0.384. The van der Waals surface area contributed by atoms with Crippen molar-refractivity contribution in [3.05, 3.63) is 104 Å². The number of benzene rings is 3. The highest BCUT2D eigenvalue weighted by Crippen LogP contribution is 2.59. The van der Waals surface area contributed by atoms with E-state index >= 15 is 0 Å². The number of rotatable bonds is 5. The number of anilines is 1. The Kier molecular flexibility index (Phi) is 5.03. The third kappa shape index (κ3) is 3.71. The zero-order valence-corrected chi connectivity index (χ0v) is 16.7. The molecule has 1 fully saturated rings. The highest BCUT2D eigenvalue weighted by atomic mass is 35.5. The Bertz CT molecular complexity index is 1020. The van der Waals surface area contributed by atoms with Crippen molar-refractivity contribution < 1.29 is 9.72 Å².